The topological polar surface area (TPSA) is 56.8 Å². The van der Waals surface area contributed by atoms with Gasteiger partial charge in [0.2, 0.25) is 0 Å². The van der Waals surface area contributed by atoms with Gasteiger partial charge in [-0.1, -0.05) is 6.07 Å². The lowest BCUT2D eigenvalue weighted by Gasteiger charge is -2.08. The quantitative estimate of drug-likeness (QED) is 0.461. The lowest BCUT2D eigenvalue weighted by molar-refractivity contribution is 0.579. The Balaban J connectivity index is 1.95. The number of H-pyrrole nitrogens is 2. The van der Waals surface area contributed by atoms with Crippen LogP contribution in [0, 0.1) is 18.6 Å². The molecule has 3 heterocycles. The highest BCUT2D eigenvalue weighted by Crippen LogP contribution is 2.40. The molecule has 122 valence electrons. The van der Waals surface area contributed by atoms with E-state index >= 15 is 0 Å². The van der Waals surface area contributed by atoms with E-state index in [0.717, 1.165) is 27.7 Å². The molecule has 0 saturated carbocycles. The summed E-state index contributed by atoms with van der Waals surface area (Å²) >= 11 is 0. The lowest BCUT2D eigenvalue weighted by Crippen LogP contribution is -2.08. The first-order valence-corrected chi connectivity index (χ1v) is 7.82. The van der Waals surface area contributed by atoms with E-state index in [1.807, 2.05) is 19.1 Å². The van der Waals surface area contributed by atoms with Gasteiger partial charge in [-0.15, -0.1) is 0 Å². The van der Waals surface area contributed by atoms with Crippen LogP contribution in [0.5, 0.6) is 0 Å². The number of hydrogen-bond acceptors (Lipinski definition) is 2. The van der Waals surface area contributed by atoms with E-state index < -0.39 is 11.6 Å². The van der Waals surface area contributed by atoms with Crippen LogP contribution in [0.15, 0.2) is 47.7 Å². The van der Waals surface area contributed by atoms with E-state index in [4.69, 9.17) is 0 Å². The molecular formula is C19H12F2N4. The van der Waals surface area contributed by atoms with Crippen LogP contribution in [0.3, 0.4) is 0 Å². The van der Waals surface area contributed by atoms with Crippen LogP contribution in [0.1, 0.15) is 16.7 Å². The molecule has 0 bridgehead atoms. The SMILES string of the molecule is Cc1cc2c3c(c[nH]c3c1)C(c1c(F)cccc1F)=Nc1cn[nH]c1-2. The maximum absolute atomic E-state index is 14.4. The van der Waals surface area contributed by atoms with E-state index in [9.17, 15) is 8.78 Å². The fourth-order valence-corrected chi connectivity index (χ4v) is 3.45. The molecule has 1 aliphatic heterocycles. The second-order valence-electron chi connectivity index (χ2n) is 6.12. The van der Waals surface area contributed by atoms with Crippen LogP contribution in [-0.2, 0) is 0 Å². The maximum Gasteiger partial charge on any atom is 0.135 e. The van der Waals surface area contributed by atoms with Crippen LogP contribution in [0.25, 0.3) is 22.2 Å². The Morgan fingerprint density at radius 3 is 2.64 bits per heavy atom. The van der Waals surface area contributed by atoms with Crippen molar-refractivity contribution >= 4 is 22.3 Å². The van der Waals surface area contributed by atoms with Gasteiger partial charge >= 0.3 is 0 Å². The largest absolute Gasteiger partial charge is 0.360 e. The Hall–Kier alpha value is -3.28. The molecule has 0 saturated heterocycles. The third-order valence-corrected chi connectivity index (χ3v) is 4.50. The third-order valence-electron chi connectivity index (χ3n) is 4.50. The predicted molar refractivity (Wildman–Crippen MR) is 92.3 cm³/mol. The zero-order valence-corrected chi connectivity index (χ0v) is 13.2. The molecule has 4 aromatic rings. The van der Waals surface area contributed by atoms with E-state index in [1.54, 1.807) is 12.4 Å². The van der Waals surface area contributed by atoms with Gasteiger partial charge in [-0.3, -0.25) is 5.10 Å². The smallest absolute Gasteiger partial charge is 0.135 e. The van der Waals surface area contributed by atoms with Gasteiger partial charge in [-0.25, -0.2) is 13.8 Å². The minimum absolute atomic E-state index is 0.135. The van der Waals surface area contributed by atoms with Gasteiger partial charge in [0.1, 0.15) is 17.3 Å². The van der Waals surface area contributed by atoms with Crippen LogP contribution >= 0.6 is 0 Å². The summed E-state index contributed by atoms with van der Waals surface area (Å²) in [5, 5.41) is 7.89. The van der Waals surface area contributed by atoms with Crippen LogP contribution in [-0.4, -0.2) is 20.9 Å². The molecule has 0 spiro atoms. The van der Waals surface area contributed by atoms with Crippen molar-refractivity contribution in [3.05, 3.63) is 71.1 Å². The number of aliphatic imine (C=N–C) groups is 1. The van der Waals surface area contributed by atoms with Gasteiger partial charge in [0.05, 0.1) is 23.2 Å². The van der Waals surface area contributed by atoms with Crippen molar-refractivity contribution in [2.45, 2.75) is 6.92 Å². The molecule has 6 heteroatoms. The van der Waals surface area contributed by atoms with Crippen molar-refractivity contribution in [3.63, 3.8) is 0 Å². The predicted octanol–water partition coefficient (Wildman–Crippen LogP) is 4.63. The zero-order valence-electron chi connectivity index (χ0n) is 13.2. The number of nitrogens with zero attached hydrogens (tertiary/aromatic N) is 2. The van der Waals surface area contributed by atoms with Crippen molar-refractivity contribution in [2.75, 3.05) is 0 Å². The molecule has 0 fully saturated rings. The Kier molecular flexibility index (Phi) is 2.74. The summed E-state index contributed by atoms with van der Waals surface area (Å²) in [5.74, 6) is -1.29. The van der Waals surface area contributed by atoms with Crippen molar-refractivity contribution in [1.29, 1.82) is 0 Å². The number of aromatic amines is 2. The van der Waals surface area contributed by atoms with E-state index in [2.05, 4.69) is 20.2 Å². The summed E-state index contributed by atoms with van der Waals surface area (Å²) in [5.41, 5.74) is 4.94. The summed E-state index contributed by atoms with van der Waals surface area (Å²) in [4.78, 5) is 7.75. The summed E-state index contributed by atoms with van der Waals surface area (Å²) in [6, 6.07) is 7.84. The summed E-state index contributed by atoms with van der Waals surface area (Å²) in [6.45, 7) is 2.00. The highest BCUT2D eigenvalue weighted by Gasteiger charge is 2.26. The van der Waals surface area contributed by atoms with Crippen molar-refractivity contribution in [2.24, 2.45) is 4.99 Å². The molecule has 25 heavy (non-hydrogen) atoms. The van der Waals surface area contributed by atoms with Gasteiger partial charge in [0.15, 0.2) is 0 Å². The van der Waals surface area contributed by atoms with E-state index in [0.29, 0.717) is 11.3 Å². The average molecular weight is 334 g/mol. The first-order chi connectivity index (χ1) is 12.1. The Labute approximate surface area is 141 Å². The first-order valence-electron chi connectivity index (χ1n) is 7.82. The molecule has 1 aliphatic rings. The molecule has 4 nitrogen and oxygen atoms in total. The highest BCUT2D eigenvalue weighted by molar-refractivity contribution is 6.24. The molecule has 0 radical (unpaired) electrons. The normalized spacial score (nSPS) is 12.8. The van der Waals surface area contributed by atoms with Gasteiger partial charge in [-0.05, 0) is 36.8 Å². The van der Waals surface area contributed by atoms with Gasteiger partial charge in [0.25, 0.3) is 0 Å². The fourth-order valence-electron chi connectivity index (χ4n) is 3.45. The summed E-state index contributed by atoms with van der Waals surface area (Å²) < 4.78 is 28.9. The molecule has 5 rings (SSSR count). The standard InChI is InChI=1S/C19H12F2N4/c1-9-5-10-16-11(7-22-14(16)6-9)19(24-15-8-23-25-18(10)15)17-12(20)3-2-4-13(17)21/h2-8,22H,1H3,(H,23,25). The number of rotatable bonds is 1. The molecular weight excluding hydrogens is 322 g/mol. The number of halogens is 2. The third kappa shape index (κ3) is 1.91. The molecule has 0 atom stereocenters. The van der Waals surface area contributed by atoms with Crippen molar-refractivity contribution in [3.8, 4) is 11.3 Å². The molecule has 2 N–H and O–H groups in total. The molecule has 2 aromatic heterocycles. The van der Waals surface area contributed by atoms with Crippen LogP contribution in [0.4, 0.5) is 14.5 Å². The molecule has 0 unspecified atom stereocenters. The Morgan fingerprint density at radius 2 is 1.84 bits per heavy atom. The first kappa shape index (κ1) is 14.1. The Bertz CT molecular complexity index is 1160. The minimum atomic E-state index is -0.645. The monoisotopic (exact) mass is 334 g/mol. The van der Waals surface area contributed by atoms with Gasteiger partial charge < -0.3 is 4.98 Å². The van der Waals surface area contributed by atoms with Gasteiger partial charge in [0, 0.05) is 28.2 Å². The molecule has 0 amide bonds. The van der Waals surface area contributed by atoms with E-state index in [1.165, 1.54) is 18.2 Å². The number of aryl methyl sites for hydroxylation is 1. The highest BCUT2D eigenvalue weighted by atomic mass is 19.1. The number of hydrogen-bond donors (Lipinski definition) is 2. The number of benzene rings is 2. The Morgan fingerprint density at radius 1 is 1.04 bits per heavy atom. The lowest BCUT2D eigenvalue weighted by atomic mass is 9.96. The van der Waals surface area contributed by atoms with Crippen LogP contribution in [0.2, 0.25) is 0 Å². The second-order valence-corrected chi connectivity index (χ2v) is 6.12. The van der Waals surface area contributed by atoms with Crippen LogP contribution < -0.4 is 0 Å². The van der Waals surface area contributed by atoms with Crippen molar-refractivity contribution < 1.29 is 8.78 Å². The molecule has 2 aromatic carbocycles. The molecule has 0 aliphatic carbocycles. The second kappa shape index (κ2) is 4.86. The minimum Gasteiger partial charge on any atom is -0.360 e. The number of nitrogens with one attached hydrogen (secondary N) is 2. The van der Waals surface area contributed by atoms with Crippen molar-refractivity contribution in [1.82, 2.24) is 15.2 Å². The summed E-state index contributed by atoms with van der Waals surface area (Å²) in [7, 11) is 0. The average Bonchev–Trinajstić information content (AvgIpc) is 3.17. The maximum atomic E-state index is 14.4. The number of aromatic nitrogens is 3. The summed E-state index contributed by atoms with van der Waals surface area (Å²) in [6.07, 6.45) is 3.31. The van der Waals surface area contributed by atoms with E-state index in [-0.39, 0.29) is 11.3 Å². The fraction of sp³-hybridized carbons (Fsp3) is 0.0526. The van der Waals surface area contributed by atoms with Gasteiger partial charge in [-0.2, -0.15) is 5.10 Å². The zero-order chi connectivity index (χ0) is 17.1. The number of fused-ring (bicyclic) bond motifs is 2.